The SMILES string of the molecule is CCCCCC(C)C1CC=C(c2ccc(OC(C)=O)cc2)CC1. The molecule has 1 aliphatic rings. The molecule has 2 nitrogen and oxygen atoms in total. The molecule has 0 radical (unpaired) electrons. The van der Waals surface area contributed by atoms with Crippen LogP contribution in [0.15, 0.2) is 30.3 Å². The first-order valence-electron chi connectivity index (χ1n) is 9.08. The Hall–Kier alpha value is -1.57. The van der Waals surface area contributed by atoms with Gasteiger partial charge in [0, 0.05) is 6.92 Å². The average molecular weight is 314 g/mol. The predicted molar refractivity (Wildman–Crippen MR) is 96.4 cm³/mol. The van der Waals surface area contributed by atoms with Gasteiger partial charge in [0.15, 0.2) is 0 Å². The fourth-order valence-corrected chi connectivity index (χ4v) is 3.49. The van der Waals surface area contributed by atoms with Gasteiger partial charge in [-0.15, -0.1) is 0 Å². The van der Waals surface area contributed by atoms with Crippen LogP contribution >= 0.6 is 0 Å². The van der Waals surface area contributed by atoms with E-state index in [1.165, 1.54) is 56.6 Å². The Balaban J connectivity index is 1.89. The molecule has 2 unspecified atom stereocenters. The fourth-order valence-electron chi connectivity index (χ4n) is 3.49. The number of benzene rings is 1. The third-order valence-corrected chi connectivity index (χ3v) is 5.01. The summed E-state index contributed by atoms with van der Waals surface area (Å²) in [5.41, 5.74) is 2.70. The molecular formula is C21H30O2. The van der Waals surface area contributed by atoms with Crippen LogP contribution in [0.25, 0.3) is 5.57 Å². The van der Waals surface area contributed by atoms with Crippen LogP contribution in [-0.2, 0) is 4.79 Å². The molecule has 0 aliphatic heterocycles. The van der Waals surface area contributed by atoms with E-state index in [0.29, 0.717) is 5.75 Å². The van der Waals surface area contributed by atoms with Crippen molar-refractivity contribution in [3.8, 4) is 5.75 Å². The number of carbonyl (C=O) groups excluding carboxylic acids is 1. The first-order chi connectivity index (χ1) is 11.1. The third kappa shape index (κ3) is 5.53. The number of esters is 1. The molecule has 0 spiro atoms. The van der Waals surface area contributed by atoms with E-state index < -0.39 is 0 Å². The van der Waals surface area contributed by atoms with E-state index in [-0.39, 0.29) is 5.97 Å². The lowest BCUT2D eigenvalue weighted by molar-refractivity contribution is -0.131. The largest absolute Gasteiger partial charge is 0.427 e. The van der Waals surface area contributed by atoms with Gasteiger partial charge in [-0.1, -0.05) is 57.7 Å². The molecular weight excluding hydrogens is 284 g/mol. The van der Waals surface area contributed by atoms with Crippen LogP contribution in [0.2, 0.25) is 0 Å². The number of hydrogen-bond donors (Lipinski definition) is 0. The van der Waals surface area contributed by atoms with Crippen LogP contribution in [0, 0.1) is 11.8 Å². The molecule has 1 aliphatic carbocycles. The molecule has 0 saturated heterocycles. The smallest absolute Gasteiger partial charge is 0.308 e. The Morgan fingerprint density at radius 3 is 2.57 bits per heavy atom. The average Bonchev–Trinajstić information content (AvgIpc) is 2.55. The van der Waals surface area contributed by atoms with Gasteiger partial charge in [-0.05, 0) is 54.4 Å². The molecule has 0 fully saturated rings. The highest BCUT2D eigenvalue weighted by Gasteiger charge is 2.20. The van der Waals surface area contributed by atoms with E-state index in [1.807, 2.05) is 12.1 Å². The minimum atomic E-state index is -0.269. The summed E-state index contributed by atoms with van der Waals surface area (Å²) in [6.45, 7) is 6.12. The molecule has 0 aromatic heterocycles. The van der Waals surface area contributed by atoms with Crippen LogP contribution in [0.4, 0.5) is 0 Å². The molecule has 0 heterocycles. The first kappa shape index (κ1) is 17.8. The molecule has 0 amide bonds. The van der Waals surface area contributed by atoms with Crippen LogP contribution < -0.4 is 4.74 Å². The summed E-state index contributed by atoms with van der Waals surface area (Å²) >= 11 is 0. The Morgan fingerprint density at radius 2 is 2.00 bits per heavy atom. The lowest BCUT2D eigenvalue weighted by atomic mass is 9.78. The summed E-state index contributed by atoms with van der Waals surface area (Å²) in [7, 11) is 0. The third-order valence-electron chi connectivity index (χ3n) is 5.01. The number of carbonyl (C=O) groups is 1. The van der Waals surface area contributed by atoms with Gasteiger partial charge in [-0.3, -0.25) is 4.79 Å². The van der Waals surface area contributed by atoms with Gasteiger partial charge >= 0.3 is 5.97 Å². The zero-order valence-corrected chi connectivity index (χ0v) is 14.8. The molecule has 2 atom stereocenters. The molecule has 0 saturated carbocycles. The van der Waals surface area contributed by atoms with E-state index in [2.05, 4.69) is 32.1 Å². The number of unbranched alkanes of at least 4 members (excludes halogenated alkanes) is 2. The number of rotatable bonds is 7. The van der Waals surface area contributed by atoms with Gasteiger partial charge in [0.05, 0.1) is 0 Å². The van der Waals surface area contributed by atoms with Gasteiger partial charge in [-0.2, -0.15) is 0 Å². The number of allylic oxidation sites excluding steroid dienone is 2. The van der Waals surface area contributed by atoms with Gasteiger partial charge in [0.25, 0.3) is 0 Å². The minimum Gasteiger partial charge on any atom is -0.427 e. The molecule has 1 aromatic rings. The molecule has 0 N–H and O–H groups in total. The minimum absolute atomic E-state index is 0.269. The Labute approximate surface area is 140 Å². The first-order valence-corrected chi connectivity index (χ1v) is 9.08. The van der Waals surface area contributed by atoms with Crippen molar-refractivity contribution >= 4 is 11.5 Å². The molecule has 126 valence electrons. The summed E-state index contributed by atoms with van der Waals surface area (Å²) in [6, 6.07) is 7.90. The van der Waals surface area contributed by atoms with E-state index in [0.717, 1.165) is 18.3 Å². The lowest BCUT2D eigenvalue weighted by Crippen LogP contribution is -2.14. The standard InChI is InChI=1S/C21H30O2/c1-4-5-6-7-16(2)18-8-10-19(11-9-18)20-12-14-21(15-13-20)23-17(3)22/h10,12-16,18H,4-9,11H2,1-3H3. The van der Waals surface area contributed by atoms with Crippen molar-refractivity contribution in [3.63, 3.8) is 0 Å². The Morgan fingerprint density at radius 1 is 1.26 bits per heavy atom. The summed E-state index contributed by atoms with van der Waals surface area (Å²) in [4.78, 5) is 11.0. The number of hydrogen-bond acceptors (Lipinski definition) is 2. The van der Waals surface area contributed by atoms with Gasteiger partial charge in [0.1, 0.15) is 5.75 Å². The summed E-state index contributed by atoms with van der Waals surface area (Å²) < 4.78 is 5.09. The summed E-state index contributed by atoms with van der Waals surface area (Å²) in [5.74, 6) is 2.04. The summed E-state index contributed by atoms with van der Waals surface area (Å²) in [6.07, 6.45) is 11.5. The summed E-state index contributed by atoms with van der Waals surface area (Å²) in [5, 5.41) is 0. The van der Waals surface area contributed by atoms with Crippen molar-refractivity contribution in [1.29, 1.82) is 0 Å². The van der Waals surface area contributed by atoms with E-state index in [4.69, 9.17) is 4.74 Å². The molecule has 0 bridgehead atoms. The van der Waals surface area contributed by atoms with Crippen LogP contribution in [0.3, 0.4) is 0 Å². The zero-order valence-electron chi connectivity index (χ0n) is 14.8. The van der Waals surface area contributed by atoms with Crippen molar-refractivity contribution in [2.45, 2.75) is 65.7 Å². The van der Waals surface area contributed by atoms with Gasteiger partial charge < -0.3 is 4.74 Å². The van der Waals surface area contributed by atoms with Crippen LogP contribution in [0.1, 0.15) is 71.3 Å². The predicted octanol–water partition coefficient (Wildman–Crippen LogP) is 6.01. The topological polar surface area (TPSA) is 26.3 Å². The maximum absolute atomic E-state index is 11.0. The highest BCUT2D eigenvalue weighted by molar-refractivity contribution is 5.70. The quantitative estimate of drug-likeness (QED) is 0.350. The van der Waals surface area contributed by atoms with Crippen molar-refractivity contribution in [1.82, 2.24) is 0 Å². The highest BCUT2D eigenvalue weighted by atomic mass is 16.5. The van der Waals surface area contributed by atoms with E-state index in [9.17, 15) is 4.79 Å². The van der Waals surface area contributed by atoms with E-state index in [1.54, 1.807) is 0 Å². The maximum Gasteiger partial charge on any atom is 0.308 e. The van der Waals surface area contributed by atoms with Gasteiger partial charge in [-0.25, -0.2) is 0 Å². The molecule has 23 heavy (non-hydrogen) atoms. The normalized spacial score (nSPS) is 19.1. The second kappa shape index (κ2) is 8.90. The van der Waals surface area contributed by atoms with Crippen LogP contribution in [-0.4, -0.2) is 5.97 Å². The number of ether oxygens (including phenoxy) is 1. The second-order valence-corrected chi connectivity index (χ2v) is 6.85. The molecule has 1 aromatic carbocycles. The molecule has 2 heteroatoms. The fraction of sp³-hybridized carbons (Fsp3) is 0.571. The van der Waals surface area contributed by atoms with Crippen LogP contribution in [0.5, 0.6) is 5.75 Å². The van der Waals surface area contributed by atoms with Crippen molar-refractivity contribution in [2.24, 2.45) is 11.8 Å². The molecule has 2 rings (SSSR count). The maximum atomic E-state index is 11.0. The van der Waals surface area contributed by atoms with Crippen molar-refractivity contribution < 1.29 is 9.53 Å². The second-order valence-electron chi connectivity index (χ2n) is 6.85. The Bertz CT molecular complexity index is 527. The van der Waals surface area contributed by atoms with Crippen molar-refractivity contribution in [2.75, 3.05) is 0 Å². The van der Waals surface area contributed by atoms with Gasteiger partial charge in [0.2, 0.25) is 0 Å². The zero-order chi connectivity index (χ0) is 16.7. The van der Waals surface area contributed by atoms with E-state index >= 15 is 0 Å². The monoisotopic (exact) mass is 314 g/mol. The highest BCUT2D eigenvalue weighted by Crippen LogP contribution is 2.36. The lowest BCUT2D eigenvalue weighted by Gasteiger charge is -2.27. The Kier molecular flexibility index (Phi) is 6.88. The van der Waals surface area contributed by atoms with Crippen molar-refractivity contribution in [3.05, 3.63) is 35.9 Å².